The molecule has 0 N–H and O–H groups in total. The van der Waals surface area contributed by atoms with Crippen LogP contribution in [0.15, 0.2) is 60.2 Å². The van der Waals surface area contributed by atoms with Crippen LogP contribution in [0, 0.1) is 0 Å². The third-order valence-electron chi connectivity index (χ3n) is 4.45. The van der Waals surface area contributed by atoms with Gasteiger partial charge in [0.25, 0.3) is 0 Å². The highest BCUT2D eigenvalue weighted by Crippen LogP contribution is 2.49. The van der Waals surface area contributed by atoms with Gasteiger partial charge in [-0.3, -0.25) is 0 Å². The smallest absolute Gasteiger partial charge is 0.0152 e. The molecule has 100 valence electrons. The first-order valence-corrected chi connectivity index (χ1v) is 6.97. The summed E-state index contributed by atoms with van der Waals surface area (Å²) in [4.78, 5) is 0. The van der Waals surface area contributed by atoms with Crippen LogP contribution in [0.2, 0.25) is 0 Å². The minimum atomic E-state index is 0.0166. The van der Waals surface area contributed by atoms with Crippen molar-refractivity contribution in [2.24, 2.45) is 0 Å². The molecule has 0 nitrogen and oxygen atoms in total. The Morgan fingerprint density at radius 2 is 1.37 bits per heavy atom. The molecule has 0 amide bonds. The zero-order chi connectivity index (χ0) is 14.3. The summed E-state index contributed by atoms with van der Waals surface area (Å²) in [5.41, 5.74) is 5.62. The van der Waals surface area contributed by atoms with Crippen molar-refractivity contribution in [3.05, 3.63) is 71.3 Å². The number of hydrogen-bond donors (Lipinski definition) is 0. The summed E-state index contributed by atoms with van der Waals surface area (Å²) >= 11 is 0. The van der Waals surface area contributed by atoms with Crippen LogP contribution >= 0.6 is 0 Å². The summed E-state index contributed by atoms with van der Waals surface area (Å²) in [7, 11) is 0. The van der Waals surface area contributed by atoms with Crippen molar-refractivity contribution in [1.29, 1.82) is 0 Å². The molecule has 0 spiro atoms. The highest BCUT2D eigenvalue weighted by atomic mass is 14.4. The second-order valence-electron chi connectivity index (χ2n) is 6.33. The lowest BCUT2D eigenvalue weighted by Gasteiger charge is -2.44. The molecule has 0 atom stereocenters. The lowest BCUT2D eigenvalue weighted by atomic mass is 9.60. The summed E-state index contributed by atoms with van der Waals surface area (Å²) in [5, 5.41) is 0. The second-order valence-corrected chi connectivity index (χ2v) is 6.33. The van der Waals surface area contributed by atoms with Crippen molar-refractivity contribution >= 4 is 0 Å². The Kier molecular flexibility index (Phi) is 3.30. The Balaban J connectivity index is 2.86. The quantitative estimate of drug-likeness (QED) is 0.668. The fraction of sp³-hybridized carbons (Fsp3) is 0.368. The minimum Gasteiger partial charge on any atom is -0.0987 e. The van der Waals surface area contributed by atoms with E-state index in [1.807, 2.05) is 6.08 Å². The molecule has 1 aromatic rings. The summed E-state index contributed by atoms with van der Waals surface area (Å²) < 4.78 is 0. The zero-order valence-corrected chi connectivity index (χ0v) is 12.7. The van der Waals surface area contributed by atoms with E-state index in [0.717, 1.165) is 0 Å². The molecule has 0 radical (unpaired) electrons. The van der Waals surface area contributed by atoms with E-state index in [1.165, 1.54) is 22.3 Å². The fourth-order valence-electron chi connectivity index (χ4n) is 3.37. The molecule has 0 heteroatoms. The molecule has 1 aliphatic carbocycles. The summed E-state index contributed by atoms with van der Waals surface area (Å²) in [5.74, 6) is 0. The van der Waals surface area contributed by atoms with Crippen molar-refractivity contribution in [2.45, 2.75) is 45.4 Å². The molecule has 0 unspecified atom stereocenters. The van der Waals surface area contributed by atoms with Gasteiger partial charge in [0.05, 0.1) is 0 Å². The fourth-order valence-corrected chi connectivity index (χ4v) is 3.37. The van der Waals surface area contributed by atoms with Crippen LogP contribution in [0.4, 0.5) is 0 Å². The van der Waals surface area contributed by atoms with E-state index in [1.54, 1.807) is 0 Å². The predicted molar refractivity (Wildman–Crippen MR) is 84.5 cm³/mol. The number of benzene rings is 1. The van der Waals surface area contributed by atoms with Gasteiger partial charge >= 0.3 is 0 Å². The standard InChI is InChI=1S/C19H24/c1-7-11-15-14(8-2)18(3,4)16-12-9-10-13-17(16)19(15,5)6/h7-13H,2H2,1,3-6H3/b11-7-. The van der Waals surface area contributed by atoms with E-state index in [9.17, 15) is 0 Å². The van der Waals surface area contributed by atoms with Crippen LogP contribution in [0.3, 0.4) is 0 Å². The van der Waals surface area contributed by atoms with Crippen LogP contribution in [0.25, 0.3) is 0 Å². The Morgan fingerprint density at radius 3 is 1.79 bits per heavy atom. The zero-order valence-electron chi connectivity index (χ0n) is 12.7. The van der Waals surface area contributed by atoms with Crippen molar-refractivity contribution in [3.63, 3.8) is 0 Å². The molecule has 0 aliphatic heterocycles. The van der Waals surface area contributed by atoms with Gasteiger partial charge in [-0.1, -0.05) is 76.8 Å². The molecule has 0 bridgehead atoms. The third kappa shape index (κ3) is 1.90. The van der Waals surface area contributed by atoms with Gasteiger partial charge < -0.3 is 0 Å². The summed E-state index contributed by atoms with van der Waals surface area (Å²) in [6, 6.07) is 8.80. The summed E-state index contributed by atoms with van der Waals surface area (Å²) in [6.07, 6.45) is 6.41. The molecule has 1 aromatic carbocycles. The average molecular weight is 252 g/mol. The molecule has 0 aromatic heterocycles. The average Bonchev–Trinajstić information content (AvgIpc) is 2.37. The maximum absolute atomic E-state index is 4.06. The molecule has 1 aliphatic rings. The lowest BCUT2D eigenvalue weighted by Crippen LogP contribution is -2.36. The normalized spacial score (nSPS) is 20.5. The van der Waals surface area contributed by atoms with Crippen molar-refractivity contribution in [2.75, 3.05) is 0 Å². The van der Waals surface area contributed by atoms with Crippen LogP contribution in [0.5, 0.6) is 0 Å². The van der Waals surface area contributed by atoms with Crippen LogP contribution in [0.1, 0.15) is 45.7 Å². The van der Waals surface area contributed by atoms with Crippen LogP contribution in [-0.2, 0) is 10.8 Å². The van der Waals surface area contributed by atoms with Gasteiger partial charge in [0.2, 0.25) is 0 Å². The number of rotatable bonds is 2. The Labute approximate surface area is 117 Å². The second kappa shape index (κ2) is 4.52. The highest BCUT2D eigenvalue weighted by Gasteiger charge is 2.40. The van der Waals surface area contributed by atoms with E-state index in [-0.39, 0.29) is 10.8 Å². The number of allylic oxidation sites excluding steroid dienone is 5. The van der Waals surface area contributed by atoms with E-state index in [2.05, 4.69) is 77.6 Å². The molecular formula is C19H24. The molecule has 2 rings (SSSR count). The molecule has 0 heterocycles. The van der Waals surface area contributed by atoms with Gasteiger partial charge in [-0.2, -0.15) is 0 Å². The minimum absolute atomic E-state index is 0.0166. The molecule has 19 heavy (non-hydrogen) atoms. The Morgan fingerprint density at radius 1 is 0.895 bits per heavy atom. The van der Waals surface area contributed by atoms with Gasteiger partial charge in [0.15, 0.2) is 0 Å². The third-order valence-corrected chi connectivity index (χ3v) is 4.45. The van der Waals surface area contributed by atoms with E-state index in [0.29, 0.717) is 0 Å². The molecule has 0 fully saturated rings. The van der Waals surface area contributed by atoms with Gasteiger partial charge in [-0.25, -0.2) is 0 Å². The van der Waals surface area contributed by atoms with E-state index in [4.69, 9.17) is 0 Å². The van der Waals surface area contributed by atoms with Gasteiger partial charge in [0.1, 0.15) is 0 Å². The van der Waals surface area contributed by atoms with Crippen molar-refractivity contribution in [3.8, 4) is 0 Å². The van der Waals surface area contributed by atoms with Gasteiger partial charge in [-0.15, -0.1) is 0 Å². The SMILES string of the molecule is C=CC1=C(/C=C\C)C(C)(C)c2ccccc2C1(C)C. The van der Waals surface area contributed by atoms with Crippen LogP contribution < -0.4 is 0 Å². The lowest BCUT2D eigenvalue weighted by molar-refractivity contribution is 0.524. The largest absolute Gasteiger partial charge is 0.0987 e. The van der Waals surface area contributed by atoms with Gasteiger partial charge in [0, 0.05) is 10.8 Å². The number of hydrogen-bond acceptors (Lipinski definition) is 0. The topological polar surface area (TPSA) is 0 Å². The predicted octanol–water partition coefficient (Wildman–Crippen LogP) is 5.31. The van der Waals surface area contributed by atoms with Crippen molar-refractivity contribution < 1.29 is 0 Å². The van der Waals surface area contributed by atoms with E-state index < -0.39 is 0 Å². The summed E-state index contributed by atoms with van der Waals surface area (Å²) in [6.45, 7) is 15.3. The monoisotopic (exact) mass is 252 g/mol. The Bertz CT molecular complexity index is 565. The maximum atomic E-state index is 4.06. The van der Waals surface area contributed by atoms with E-state index >= 15 is 0 Å². The van der Waals surface area contributed by atoms with Crippen LogP contribution in [-0.4, -0.2) is 0 Å². The first kappa shape index (κ1) is 13.9. The molecule has 0 saturated heterocycles. The first-order chi connectivity index (χ1) is 8.87. The van der Waals surface area contributed by atoms with Gasteiger partial charge in [-0.05, 0) is 29.2 Å². The maximum Gasteiger partial charge on any atom is 0.0152 e. The number of fused-ring (bicyclic) bond motifs is 1. The highest BCUT2D eigenvalue weighted by molar-refractivity contribution is 5.60. The van der Waals surface area contributed by atoms with Crippen molar-refractivity contribution in [1.82, 2.24) is 0 Å². The first-order valence-electron chi connectivity index (χ1n) is 6.97. The molecule has 0 saturated carbocycles. The Hall–Kier alpha value is -1.56. The molecular weight excluding hydrogens is 228 g/mol.